The van der Waals surface area contributed by atoms with E-state index < -0.39 is 0 Å². The van der Waals surface area contributed by atoms with E-state index in [2.05, 4.69) is 53.1 Å². The minimum absolute atomic E-state index is 0.611. The summed E-state index contributed by atoms with van der Waals surface area (Å²) in [6, 6.07) is 20.3. The van der Waals surface area contributed by atoms with E-state index in [1.54, 1.807) is 13.3 Å². The summed E-state index contributed by atoms with van der Waals surface area (Å²) in [6.07, 6.45) is 5.88. The molecule has 0 N–H and O–H groups in total. The van der Waals surface area contributed by atoms with Crippen LogP contribution >= 0.6 is 0 Å². The third-order valence-corrected chi connectivity index (χ3v) is 4.43. The predicted octanol–water partition coefficient (Wildman–Crippen LogP) is 4.66. The van der Waals surface area contributed by atoms with Crippen LogP contribution in [0.4, 0.5) is 0 Å². The van der Waals surface area contributed by atoms with E-state index in [0.29, 0.717) is 5.89 Å². The van der Waals surface area contributed by atoms with E-state index in [-0.39, 0.29) is 0 Å². The van der Waals surface area contributed by atoms with E-state index in [1.807, 2.05) is 36.4 Å². The number of benzene rings is 2. The minimum Gasteiger partial charge on any atom is -0.497 e. The van der Waals surface area contributed by atoms with Gasteiger partial charge in [0.2, 0.25) is 5.89 Å². The highest BCUT2D eigenvalue weighted by molar-refractivity contribution is 5.61. The van der Waals surface area contributed by atoms with Gasteiger partial charge < -0.3 is 9.15 Å². The maximum atomic E-state index is 5.99. The molecular formula is C23H21N2O2+. The Morgan fingerprint density at radius 3 is 2.63 bits per heavy atom. The molecule has 0 bridgehead atoms. The minimum atomic E-state index is 0.611. The Bertz CT molecular complexity index is 1050. The van der Waals surface area contributed by atoms with Crippen LogP contribution < -0.4 is 9.30 Å². The third-order valence-electron chi connectivity index (χ3n) is 4.43. The summed E-state index contributed by atoms with van der Waals surface area (Å²) < 4.78 is 13.3. The van der Waals surface area contributed by atoms with Crippen molar-refractivity contribution in [3.05, 3.63) is 90.4 Å². The van der Waals surface area contributed by atoms with Gasteiger partial charge in [-0.25, -0.2) is 4.98 Å². The Kier molecular flexibility index (Phi) is 4.71. The highest BCUT2D eigenvalue weighted by Crippen LogP contribution is 2.26. The largest absolute Gasteiger partial charge is 0.497 e. The van der Waals surface area contributed by atoms with Gasteiger partial charge in [-0.3, -0.25) is 0 Å². The zero-order valence-corrected chi connectivity index (χ0v) is 15.4. The van der Waals surface area contributed by atoms with E-state index in [4.69, 9.17) is 9.15 Å². The predicted molar refractivity (Wildman–Crippen MR) is 104 cm³/mol. The Morgan fingerprint density at radius 1 is 1.00 bits per heavy atom. The Balaban J connectivity index is 1.58. The summed E-state index contributed by atoms with van der Waals surface area (Å²) in [5, 5.41) is 0. The van der Waals surface area contributed by atoms with Gasteiger partial charge in [0.15, 0.2) is 24.7 Å². The molecule has 27 heavy (non-hydrogen) atoms. The Labute approximate surface area is 158 Å². The Morgan fingerprint density at radius 2 is 1.85 bits per heavy atom. The van der Waals surface area contributed by atoms with Gasteiger partial charge in [-0.2, -0.15) is 4.57 Å². The molecular weight excluding hydrogens is 336 g/mol. The van der Waals surface area contributed by atoms with Crippen LogP contribution in [-0.4, -0.2) is 12.1 Å². The normalized spacial score (nSPS) is 10.7. The fraction of sp³-hybridized carbons (Fsp3) is 0.130. The number of pyridine rings is 1. The molecule has 4 nitrogen and oxygen atoms in total. The lowest BCUT2D eigenvalue weighted by Gasteiger charge is -2.01. The summed E-state index contributed by atoms with van der Waals surface area (Å²) in [5.74, 6) is 2.17. The SMILES string of the molecule is COc1ccc(-c2cnc(-c3ccc[n+](Cc4cccc(C)c4)c3)o2)cc1. The molecule has 0 amide bonds. The molecule has 0 aliphatic carbocycles. The van der Waals surface area contributed by atoms with Crippen LogP contribution in [0, 0.1) is 6.92 Å². The van der Waals surface area contributed by atoms with Crippen molar-refractivity contribution in [3.8, 4) is 28.5 Å². The number of hydrogen-bond donors (Lipinski definition) is 0. The summed E-state index contributed by atoms with van der Waals surface area (Å²) in [7, 11) is 1.66. The number of aryl methyl sites for hydroxylation is 1. The molecule has 2 heterocycles. The zero-order valence-electron chi connectivity index (χ0n) is 15.4. The van der Waals surface area contributed by atoms with Gasteiger partial charge >= 0.3 is 0 Å². The lowest BCUT2D eigenvalue weighted by atomic mass is 10.1. The average Bonchev–Trinajstić information content (AvgIpc) is 3.19. The van der Waals surface area contributed by atoms with Crippen LogP contribution in [0.5, 0.6) is 5.75 Å². The highest BCUT2D eigenvalue weighted by Gasteiger charge is 2.12. The van der Waals surface area contributed by atoms with Crippen molar-refractivity contribution in [2.75, 3.05) is 7.11 Å². The van der Waals surface area contributed by atoms with Crippen molar-refractivity contribution in [1.82, 2.24) is 4.98 Å². The third kappa shape index (κ3) is 3.90. The van der Waals surface area contributed by atoms with E-state index in [1.165, 1.54) is 11.1 Å². The summed E-state index contributed by atoms with van der Waals surface area (Å²) >= 11 is 0. The molecule has 0 unspecified atom stereocenters. The molecule has 0 atom stereocenters. The maximum Gasteiger partial charge on any atom is 0.232 e. The van der Waals surface area contributed by atoms with Gasteiger partial charge in [-0.05, 0) is 43.3 Å². The second-order valence-electron chi connectivity index (χ2n) is 6.51. The van der Waals surface area contributed by atoms with Crippen molar-refractivity contribution in [2.24, 2.45) is 0 Å². The van der Waals surface area contributed by atoms with Crippen LogP contribution in [0.3, 0.4) is 0 Å². The fourth-order valence-electron chi connectivity index (χ4n) is 3.06. The number of methoxy groups -OCH3 is 1. The van der Waals surface area contributed by atoms with Crippen molar-refractivity contribution in [1.29, 1.82) is 0 Å². The molecule has 0 aliphatic rings. The molecule has 2 aromatic carbocycles. The molecule has 4 aromatic rings. The van der Waals surface area contributed by atoms with Crippen molar-refractivity contribution < 1.29 is 13.7 Å². The maximum absolute atomic E-state index is 5.99. The molecule has 2 aromatic heterocycles. The smallest absolute Gasteiger partial charge is 0.232 e. The first-order valence-electron chi connectivity index (χ1n) is 8.86. The molecule has 0 radical (unpaired) electrons. The highest BCUT2D eigenvalue weighted by atomic mass is 16.5. The summed E-state index contributed by atoms with van der Waals surface area (Å²) in [4.78, 5) is 4.46. The molecule has 0 saturated heterocycles. The number of rotatable bonds is 5. The van der Waals surface area contributed by atoms with Crippen molar-refractivity contribution >= 4 is 0 Å². The molecule has 134 valence electrons. The molecule has 4 heteroatoms. The second-order valence-corrected chi connectivity index (χ2v) is 6.51. The first kappa shape index (κ1) is 17.0. The van der Waals surface area contributed by atoms with Crippen molar-refractivity contribution in [3.63, 3.8) is 0 Å². The number of hydrogen-bond acceptors (Lipinski definition) is 3. The quantitative estimate of drug-likeness (QED) is 0.488. The molecule has 0 saturated carbocycles. The van der Waals surface area contributed by atoms with Gasteiger partial charge in [0, 0.05) is 17.2 Å². The second kappa shape index (κ2) is 7.46. The molecule has 0 aliphatic heterocycles. The zero-order chi connectivity index (χ0) is 18.6. The lowest BCUT2D eigenvalue weighted by molar-refractivity contribution is -0.687. The standard InChI is InChI=1S/C23H21N2O2/c1-17-5-3-6-18(13-17)15-25-12-4-7-20(16-25)23-24-14-22(27-23)19-8-10-21(26-2)11-9-19/h3-14,16H,15H2,1-2H3/q+1. The topological polar surface area (TPSA) is 39.1 Å². The molecule has 4 rings (SSSR count). The van der Waals surface area contributed by atoms with E-state index in [0.717, 1.165) is 29.2 Å². The van der Waals surface area contributed by atoms with Gasteiger partial charge in [0.1, 0.15) is 11.3 Å². The number of aromatic nitrogens is 2. The summed E-state index contributed by atoms with van der Waals surface area (Å²) in [5.41, 5.74) is 4.45. The Hall–Kier alpha value is -3.40. The van der Waals surface area contributed by atoms with E-state index >= 15 is 0 Å². The van der Waals surface area contributed by atoms with Gasteiger partial charge in [0.25, 0.3) is 0 Å². The van der Waals surface area contributed by atoms with Gasteiger partial charge in [-0.1, -0.05) is 23.8 Å². The van der Waals surface area contributed by atoms with Crippen LogP contribution in [-0.2, 0) is 6.54 Å². The number of oxazole rings is 1. The van der Waals surface area contributed by atoms with Gasteiger partial charge in [-0.15, -0.1) is 0 Å². The molecule has 0 fully saturated rings. The lowest BCUT2D eigenvalue weighted by Crippen LogP contribution is -2.33. The van der Waals surface area contributed by atoms with E-state index in [9.17, 15) is 0 Å². The van der Waals surface area contributed by atoms with Crippen LogP contribution in [0.25, 0.3) is 22.8 Å². The average molecular weight is 357 g/mol. The monoisotopic (exact) mass is 357 g/mol. The summed E-state index contributed by atoms with van der Waals surface area (Å²) in [6.45, 7) is 2.92. The van der Waals surface area contributed by atoms with Crippen LogP contribution in [0.15, 0.2) is 83.7 Å². The molecule has 0 spiro atoms. The first-order valence-corrected chi connectivity index (χ1v) is 8.86. The number of nitrogens with zero attached hydrogens (tertiary/aromatic N) is 2. The van der Waals surface area contributed by atoms with Crippen molar-refractivity contribution in [2.45, 2.75) is 13.5 Å². The van der Waals surface area contributed by atoms with Crippen LogP contribution in [0.2, 0.25) is 0 Å². The number of ether oxygens (including phenoxy) is 1. The fourth-order valence-corrected chi connectivity index (χ4v) is 3.06. The van der Waals surface area contributed by atoms with Gasteiger partial charge in [0.05, 0.1) is 13.3 Å². The van der Waals surface area contributed by atoms with Crippen LogP contribution in [0.1, 0.15) is 11.1 Å². The first-order chi connectivity index (χ1) is 13.2.